The first-order chi connectivity index (χ1) is 9.82. The number of aromatic nitrogens is 2. The zero-order valence-electron chi connectivity index (χ0n) is 11.4. The smallest absolute Gasteiger partial charge is 0.225 e. The van der Waals surface area contributed by atoms with Crippen LogP contribution in [0, 0.1) is 0 Å². The van der Waals surface area contributed by atoms with Crippen molar-refractivity contribution >= 4 is 33.2 Å². The molecule has 0 aliphatic carbocycles. The van der Waals surface area contributed by atoms with Gasteiger partial charge in [-0.25, -0.2) is 18.4 Å². The van der Waals surface area contributed by atoms with Crippen LogP contribution in [0.2, 0.25) is 10.3 Å². The van der Waals surface area contributed by atoms with Gasteiger partial charge in [-0.2, -0.15) is 4.31 Å². The average Bonchev–Trinajstić information content (AvgIpc) is 2.46. The van der Waals surface area contributed by atoms with Gasteiger partial charge in [-0.1, -0.05) is 23.7 Å². The van der Waals surface area contributed by atoms with E-state index >= 15 is 0 Å². The molecule has 1 aromatic heterocycles. The highest BCUT2D eigenvalue weighted by atomic mass is 35.5. The second kappa shape index (κ2) is 6.27. The van der Waals surface area contributed by atoms with E-state index in [1.54, 1.807) is 25.1 Å². The van der Waals surface area contributed by atoms with Crippen molar-refractivity contribution in [1.82, 2.24) is 14.3 Å². The lowest BCUT2D eigenvalue weighted by molar-refractivity contribution is 0.398. The molecule has 1 heterocycles. The third-order valence-electron chi connectivity index (χ3n) is 3.15. The molecule has 1 aromatic carbocycles. The van der Waals surface area contributed by atoms with E-state index in [9.17, 15) is 8.42 Å². The lowest BCUT2D eigenvalue weighted by Crippen LogP contribution is -2.30. The summed E-state index contributed by atoms with van der Waals surface area (Å²) in [5.41, 5.74) is 0.795. The molecule has 0 fully saturated rings. The number of rotatable bonds is 4. The highest BCUT2D eigenvalue weighted by Gasteiger charge is 2.27. The Bertz CT molecular complexity index is 735. The first-order valence-corrected chi connectivity index (χ1v) is 8.23. The van der Waals surface area contributed by atoms with Crippen LogP contribution in [0.25, 0.3) is 0 Å². The van der Waals surface area contributed by atoms with Crippen LogP contribution in [-0.2, 0) is 10.0 Å². The van der Waals surface area contributed by atoms with Gasteiger partial charge in [0.25, 0.3) is 0 Å². The molecular formula is C13H13Cl2N3O2S. The maximum atomic E-state index is 12.5. The molecule has 112 valence electrons. The first-order valence-electron chi connectivity index (χ1n) is 6.03. The van der Waals surface area contributed by atoms with Gasteiger partial charge < -0.3 is 0 Å². The van der Waals surface area contributed by atoms with E-state index in [1.807, 2.05) is 6.07 Å². The molecule has 0 radical (unpaired) electrons. The van der Waals surface area contributed by atoms with E-state index in [0.29, 0.717) is 5.02 Å². The minimum absolute atomic E-state index is 0.000470. The number of nitrogens with zero attached hydrogens (tertiary/aromatic N) is 3. The predicted molar refractivity (Wildman–Crippen MR) is 81.9 cm³/mol. The molecule has 0 aliphatic rings. The van der Waals surface area contributed by atoms with Crippen LogP contribution in [-0.4, -0.2) is 29.7 Å². The Morgan fingerprint density at radius 3 is 2.38 bits per heavy atom. The van der Waals surface area contributed by atoms with Gasteiger partial charge in [-0.3, -0.25) is 0 Å². The van der Waals surface area contributed by atoms with Crippen LogP contribution in [0.4, 0.5) is 0 Å². The van der Waals surface area contributed by atoms with E-state index in [-0.39, 0.29) is 16.2 Å². The van der Waals surface area contributed by atoms with Crippen LogP contribution in [0.5, 0.6) is 0 Å². The number of benzene rings is 1. The van der Waals surface area contributed by atoms with Crippen molar-refractivity contribution in [1.29, 1.82) is 0 Å². The minimum atomic E-state index is -3.71. The molecule has 0 saturated carbocycles. The largest absolute Gasteiger partial charge is 0.246 e. The fourth-order valence-electron chi connectivity index (χ4n) is 1.78. The summed E-state index contributed by atoms with van der Waals surface area (Å²) in [5, 5.41) is 0.555. The summed E-state index contributed by atoms with van der Waals surface area (Å²) in [5.74, 6) is 0. The molecule has 0 spiro atoms. The third kappa shape index (κ3) is 3.52. The summed E-state index contributed by atoms with van der Waals surface area (Å²) >= 11 is 11.5. The summed E-state index contributed by atoms with van der Waals surface area (Å²) < 4.78 is 26.3. The topological polar surface area (TPSA) is 63.2 Å². The minimum Gasteiger partial charge on any atom is -0.225 e. The first kappa shape index (κ1) is 16.2. The Morgan fingerprint density at radius 2 is 1.81 bits per heavy atom. The summed E-state index contributed by atoms with van der Waals surface area (Å²) in [6.07, 6.45) is 2.37. The van der Waals surface area contributed by atoms with Crippen LogP contribution in [0.15, 0.2) is 41.6 Å². The van der Waals surface area contributed by atoms with Crippen molar-refractivity contribution in [3.63, 3.8) is 0 Å². The van der Waals surface area contributed by atoms with Gasteiger partial charge in [0.1, 0.15) is 4.90 Å². The second-order valence-electron chi connectivity index (χ2n) is 4.44. The fraction of sp³-hybridized carbons (Fsp3) is 0.231. The summed E-state index contributed by atoms with van der Waals surface area (Å²) in [4.78, 5) is 7.39. The molecule has 5 nitrogen and oxygen atoms in total. The van der Waals surface area contributed by atoms with Gasteiger partial charge in [0.05, 0.1) is 12.4 Å². The number of hydrogen-bond donors (Lipinski definition) is 0. The molecule has 0 saturated heterocycles. The zero-order valence-corrected chi connectivity index (χ0v) is 13.7. The maximum Gasteiger partial charge on any atom is 0.246 e. The van der Waals surface area contributed by atoms with Crippen LogP contribution >= 0.6 is 23.2 Å². The fourth-order valence-corrected chi connectivity index (χ4v) is 3.32. The van der Waals surface area contributed by atoms with Gasteiger partial charge in [0, 0.05) is 18.1 Å². The molecule has 0 amide bonds. The van der Waals surface area contributed by atoms with Crippen LogP contribution < -0.4 is 0 Å². The van der Waals surface area contributed by atoms with Gasteiger partial charge in [0.2, 0.25) is 15.3 Å². The molecule has 0 bridgehead atoms. The van der Waals surface area contributed by atoms with Gasteiger partial charge >= 0.3 is 0 Å². The Balaban J connectivity index is 2.33. The standard InChI is InChI=1S/C13H13Cl2N3O2S/c1-9(10-4-3-5-11(14)6-10)18(2)21(19,20)12-7-16-13(15)17-8-12/h3-9H,1-2H3. The molecule has 0 N–H and O–H groups in total. The normalized spacial score (nSPS) is 13.4. The molecule has 21 heavy (non-hydrogen) atoms. The Kier molecular flexibility index (Phi) is 4.83. The SMILES string of the molecule is CC(c1cccc(Cl)c1)N(C)S(=O)(=O)c1cnc(Cl)nc1. The van der Waals surface area contributed by atoms with Gasteiger partial charge in [-0.15, -0.1) is 0 Å². The lowest BCUT2D eigenvalue weighted by atomic mass is 10.1. The molecular weight excluding hydrogens is 333 g/mol. The molecule has 1 unspecified atom stereocenters. The molecule has 2 aromatic rings. The van der Waals surface area contributed by atoms with Crippen LogP contribution in [0.3, 0.4) is 0 Å². The molecule has 2 rings (SSSR count). The van der Waals surface area contributed by atoms with E-state index in [0.717, 1.165) is 5.56 Å². The van der Waals surface area contributed by atoms with E-state index in [2.05, 4.69) is 9.97 Å². The van der Waals surface area contributed by atoms with Crippen molar-refractivity contribution in [2.75, 3.05) is 7.05 Å². The summed E-state index contributed by atoms with van der Waals surface area (Å²) in [7, 11) is -2.21. The van der Waals surface area contributed by atoms with Gasteiger partial charge in [-0.05, 0) is 36.2 Å². The van der Waals surface area contributed by atoms with Crippen molar-refractivity contribution in [2.24, 2.45) is 0 Å². The van der Waals surface area contributed by atoms with Crippen molar-refractivity contribution in [2.45, 2.75) is 17.9 Å². The van der Waals surface area contributed by atoms with Gasteiger partial charge in [0.15, 0.2) is 0 Å². The zero-order chi connectivity index (χ0) is 15.6. The molecule has 8 heteroatoms. The second-order valence-corrected chi connectivity index (χ2v) is 7.21. The van der Waals surface area contributed by atoms with E-state index < -0.39 is 10.0 Å². The lowest BCUT2D eigenvalue weighted by Gasteiger charge is -2.24. The highest BCUT2D eigenvalue weighted by molar-refractivity contribution is 7.89. The van der Waals surface area contributed by atoms with Crippen molar-refractivity contribution in [3.05, 3.63) is 52.5 Å². The Morgan fingerprint density at radius 1 is 1.19 bits per heavy atom. The summed E-state index contributed by atoms with van der Waals surface area (Å²) in [6.45, 7) is 1.78. The van der Waals surface area contributed by atoms with E-state index in [4.69, 9.17) is 23.2 Å². The predicted octanol–water partition coefficient (Wildman–Crippen LogP) is 3.17. The number of hydrogen-bond acceptors (Lipinski definition) is 4. The van der Waals surface area contributed by atoms with Crippen LogP contribution in [0.1, 0.15) is 18.5 Å². The quantitative estimate of drug-likeness (QED) is 0.798. The van der Waals surface area contributed by atoms with Crippen molar-refractivity contribution in [3.8, 4) is 0 Å². The Labute approximate surface area is 133 Å². The Hall–Kier alpha value is -1.21. The maximum absolute atomic E-state index is 12.5. The highest BCUT2D eigenvalue weighted by Crippen LogP contribution is 2.26. The number of sulfonamides is 1. The number of halogens is 2. The molecule has 0 aliphatic heterocycles. The monoisotopic (exact) mass is 345 g/mol. The average molecular weight is 346 g/mol. The molecule has 1 atom stereocenters. The van der Waals surface area contributed by atoms with Crippen molar-refractivity contribution < 1.29 is 8.42 Å². The van der Waals surface area contributed by atoms with E-state index in [1.165, 1.54) is 23.7 Å². The third-order valence-corrected chi connectivity index (χ3v) is 5.46. The summed E-state index contributed by atoms with van der Waals surface area (Å²) in [6, 6.07) is 6.68.